The van der Waals surface area contributed by atoms with E-state index in [0.29, 0.717) is 5.92 Å². The Kier molecular flexibility index (Phi) is 6.00. The number of nitrogens with one attached hydrogen (secondary N) is 1. The fourth-order valence-corrected chi connectivity index (χ4v) is 4.69. The number of aliphatic carboxylic acids is 1. The summed E-state index contributed by atoms with van der Waals surface area (Å²) in [4.78, 5) is 10.9. The van der Waals surface area contributed by atoms with Crippen LogP contribution in [0.5, 0.6) is 5.75 Å². The number of methoxy groups -OCH3 is 1. The Hall–Kier alpha value is -4.12. The fraction of sp³-hybridized carbons (Fsp3) is 0.172. The predicted molar refractivity (Wildman–Crippen MR) is 135 cm³/mol. The highest BCUT2D eigenvalue weighted by molar-refractivity contribution is 6.04. The number of allylic oxidation sites excluding steroid dienone is 1. The van der Waals surface area contributed by atoms with Crippen molar-refractivity contribution in [2.45, 2.75) is 19.3 Å². The fourth-order valence-electron chi connectivity index (χ4n) is 4.69. The van der Waals surface area contributed by atoms with E-state index in [1.165, 1.54) is 17.6 Å². The van der Waals surface area contributed by atoms with Crippen molar-refractivity contribution in [2.75, 3.05) is 7.11 Å². The van der Waals surface area contributed by atoms with E-state index in [0.717, 1.165) is 57.8 Å². The van der Waals surface area contributed by atoms with Gasteiger partial charge < -0.3 is 9.84 Å². The lowest BCUT2D eigenvalue weighted by Crippen LogP contribution is -2.15. The molecule has 1 aromatic heterocycles. The number of hydrogen-bond donors (Lipinski definition) is 2. The van der Waals surface area contributed by atoms with Crippen molar-refractivity contribution in [1.29, 1.82) is 0 Å². The lowest BCUT2D eigenvalue weighted by atomic mass is 9.73. The summed E-state index contributed by atoms with van der Waals surface area (Å²) >= 11 is 0. The van der Waals surface area contributed by atoms with Gasteiger partial charge in [0.25, 0.3) is 0 Å². The topological polar surface area (TPSA) is 75.2 Å². The maximum absolute atomic E-state index is 10.9. The molecule has 0 radical (unpaired) electrons. The van der Waals surface area contributed by atoms with Crippen LogP contribution < -0.4 is 4.74 Å². The molecule has 1 aliphatic rings. The average Bonchev–Trinajstić information content (AvgIpc) is 3.31. The first-order valence-corrected chi connectivity index (χ1v) is 11.5. The summed E-state index contributed by atoms with van der Waals surface area (Å²) < 4.78 is 5.95. The van der Waals surface area contributed by atoms with Crippen molar-refractivity contribution in [2.24, 2.45) is 5.92 Å². The number of hydrogen-bond acceptors (Lipinski definition) is 3. The van der Waals surface area contributed by atoms with Crippen LogP contribution in [-0.4, -0.2) is 28.4 Å². The first-order chi connectivity index (χ1) is 16.7. The number of nitrogens with zero attached hydrogens (tertiary/aromatic N) is 1. The highest BCUT2D eigenvalue weighted by Gasteiger charge is 2.28. The van der Waals surface area contributed by atoms with Gasteiger partial charge in [-0.05, 0) is 64.8 Å². The molecule has 0 bridgehead atoms. The van der Waals surface area contributed by atoms with Gasteiger partial charge in [0.15, 0.2) is 0 Å². The lowest BCUT2D eigenvalue weighted by Gasteiger charge is -2.32. The summed E-state index contributed by atoms with van der Waals surface area (Å²) in [7, 11) is 1.70. The van der Waals surface area contributed by atoms with Gasteiger partial charge >= 0.3 is 5.97 Å². The van der Waals surface area contributed by atoms with Crippen LogP contribution in [0.1, 0.15) is 41.5 Å². The van der Waals surface area contributed by atoms with E-state index in [4.69, 9.17) is 9.84 Å². The Morgan fingerprint density at radius 3 is 2.44 bits per heavy atom. The van der Waals surface area contributed by atoms with E-state index >= 15 is 0 Å². The number of H-pyrrole nitrogens is 1. The maximum atomic E-state index is 10.9. The minimum absolute atomic E-state index is 0.466. The Labute approximate surface area is 198 Å². The molecule has 34 heavy (non-hydrogen) atoms. The van der Waals surface area contributed by atoms with Gasteiger partial charge in [0, 0.05) is 11.6 Å². The number of benzene rings is 3. The van der Waals surface area contributed by atoms with Crippen LogP contribution in [0.2, 0.25) is 0 Å². The zero-order valence-corrected chi connectivity index (χ0v) is 19.0. The molecule has 1 saturated carbocycles. The van der Waals surface area contributed by atoms with Crippen LogP contribution in [0.3, 0.4) is 0 Å². The summed E-state index contributed by atoms with van der Waals surface area (Å²) in [6.07, 6.45) is 8.11. The average molecular weight is 451 g/mol. The van der Waals surface area contributed by atoms with E-state index in [2.05, 4.69) is 52.7 Å². The van der Waals surface area contributed by atoms with Crippen LogP contribution in [0.4, 0.5) is 0 Å². The number of aromatic amines is 1. The largest absolute Gasteiger partial charge is 0.495 e. The monoisotopic (exact) mass is 450 g/mol. The van der Waals surface area contributed by atoms with E-state index in [1.807, 2.05) is 24.3 Å². The maximum Gasteiger partial charge on any atom is 0.328 e. The van der Waals surface area contributed by atoms with E-state index in [9.17, 15) is 4.79 Å². The van der Waals surface area contributed by atoms with Crippen molar-refractivity contribution in [1.82, 2.24) is 10.2 Å². The molecule has 0 saturated heterocycles. The number of fused-ring (bicyclic) bond motifs is 1. The standard InChI is InChI=1S/C29H26N2O3/c1-34-29-23(15-16-25-24(29)18-30-31-25)28(22-13-10-19(11-14-22)12-17-26(32)33)27(21-8-5-9-21)20-6-3-2-4-7-20/h2-4,6-7,10-18,21H,5,8-9H2,1H3,(H,30,31)(H,32,33)/b17-12+,28-27-. The molecule has 170 valence electrons. The van der Waals surface area contributed by atoms with Gasteiger partial charge in [0.2, 0.25) is 0 Å². The Morgan fingerprint density at radius 1 is 1.03 bits per heavy atom. The molecule has 5 rings (SSSR count). The normalized spacial score (nSPS) is 14.7. The first-order valence-electron chi connectivity index (χ1n) is 11.5. The predicted octanol–water partition coefficient (Wildman–Crippen LogP) is 6.43. The van der Waals surface area contributed by atoms with Crippen molar-refractivity contribution < 1.29 is 14.6 Å². The first kappa shape index (κ1) is 21.7. The summed E-state index contributed by atoms with van der Waals surface area (Å²) in [5.74, 6) is 0.303. The van der Waals surface area contributed by atoms with Crippen LogP contribution in [-0.2, 0) is 4.79 Å². The summed E-state index contributed by atoms with van der Waals surface area (Å²) in [5, 5.41) is 17.2. The summed E-state index contributed by atoms with van der Waals surface area (Å²) in [5.41, 5.74) is 7.54. The van der Waals surface area contributed by atoms with Gasteiger partial charge in [-0.3, -0.25) is 5.10 Å². The molecule has 0 atom stereocenters. The molecule has 0 amide bonds. The second kappa shape index (κ2) is 9.40. The molecular formula is C29H26N2O3. The third kappa shape index (κ3) is 4.13. The number of carboxylic acid groups (broad SMARTS) is 1. The van der Waals surface area contributed by atoms with Crippen LogP contribution in [0, 0.1) is 5.92 Å². The summed E-state index contributed by atoms with van der Waals surface area (Å²) in [6.45, 7) is 0. The minimum atomic E-state index is -0.959. The van der Waals surface area contributed by atoms with Gasteiger partial charge in [-0.1, -0.05) is 61.0 Å². The van der Waals surface area contributed by atoms with Gasteiger partial charge in [-0.2, -0.15) is 5.10 Å². The third-order valence-corrected chi connectivity index (χ3v) is 6.53. The molecule has 4 aromatic rings. The van der Waals surface area contributed by atoms with Crippen LogP contribution in [0.25, 0.3) is 28.1 Å². The number of ether oxygens (including phenoxy) is 1. The number of carbonyl (C=O) groups is 1. The Balaban J connectivity index is 1.77. The highest BCUT2D eigenvalue weighted by atomic mass is 16.5. The molecular weight excluding hydrogens is 424 g/mol. The van der Waals surface area contributed by atoms with Crippen molar-refractivity contribution in [3.63, 3.8) is 0 Å². The molecule has 1 heterocycles. The van der Waals surface area contributed by atoms with Crippen LogP contribution in [0.15, 0.2) is 79.0 Å². The molecule has 0 spiro atoms. The molecule has 1 aliphatic carbocycles. The Morgan fingerprint density at radius 2 is 1.79 bits per heavy atom. The van der Waals surface area contributed by atoms with Gasteiger partial charge in [-0.15, -0.1) is 0 Å². The molecule has 5 nitrogen and oxygen atoms in total. The second-order valence-electron chi connectivity index (χ2n) is 8.55. The molecule has 0 aliphatic heterocycles. The number of rotatable bonds is 7. The SMILES string of the molecule is COc1c(/C(=C(/c2ccccc2)C2CCC2)c2ccc(/C=C/C(=O)O)cc2)ccc2[nH]ncc12. The van der Waals surface area contributed by atoms with Gasteiger partial charge in [0.1, 0.15) is 5.75 Å². The van der Waals surface area contributed by atoms with Crippen molar-refractivity contribution >= 4 is 34.1 Å². The lowest BCUT2D eigenvalue weighted by molar-refractivity contribution is -0.131. The quantitative estimate of drug-likeness (QED) is 0.251. The molecule has 0 unspecified atom stereocenters. The van der Waals surface area contributed by atoms with E-state index in [-0.39, 0.29) is 0 Å². The zero-order chi connectivity index (χ0) is 23.5. The van der Waals surface area contributed by atoms with Gasteiger partial charge in [-0.25, -0.2) is 4.79 Å². The van der Waals surface area contributed by atoms with Gasteiger partial charge in [0.05, 0.1) is 24.2 Å². The van der Waals surface area contributed by atoms with E-state index in [1.54, 1.807) is 19.4 Å². The third-order valence-electron chi connectivity index (χ3n) is 6.53. The molecule has 1 fully saturated rings. The Bertz CT molecular complexity index is 1380. The van der Waals surface area contributed by atoms with Crippen molar-refractivity contribution in [3.8, 4) is 5.75 Å². The van der Waals surface area contributed by atoms with Crippen molar-refractivity contribution in [3.05, 3.63) is 101 Å². The highest BCUT2D eigenvalue weighted by Crippen LogP contribution is 2.47. The molecule has 3 aromatic carbocycles. The summed E-state index contributed by atoms with van der Waals surface area (Å²) in [6, 6.07) is 22.8. The molecule has 2 N–H and O–H groups in total. The minimum Gasteiger partial charge on any atom is -0.495 e. The zero-order valence-electron chi connectivity index (χ0n) is 19.0. The second-order valence-corrected chi connectivity index (χ2v) is 8.55. The number of aromatic nitrogens is 2. The smallest absolute Gasteiger partial charge is 0.328 e. The van der Waals surface area contributed by atoms with E-state index < -0.39 is 5.97 Å². The number of carboxylic acids is 1. The van der Waals surface area contributed by atoms with Crippen LogP contribution >= 0.6 is 0 Å². The molecule has 5 heteroatoms.